The van der Waals surface area contributed by atoms with Crippen LogP contribution in [0.2, 0.25) is 0 Å². The highest BCUT2D eigenvalue weighted by Gasteiger charge is 2.23. The van der Waals surface area contributed by atoms with Crippen molar-refractivity contribution in [3.8, 4) is 0 Å². The summed E-state index contributed by atoms with van der Waals surface area (Å²) in [6.07, 6.45) is 3.75. The molecule has 2 atom stereocenters. The summed E-state index contributed by atoms with van der Waals surface area (Å²) in [7, 11) is 4.29. The van der Waals surface area contributed by atoms with E-state index in [2.05, 4.69) is 31.2 Å². The van der Waals surface area contributed by atoms with Crippen molar-refractivity contribution in [3.63, 3.8) is 0 Å². The largest absolute Gasteiger partial charge is 0.381 e. The van der Waals surface area contributed by atoms with E-state index in [4.69, 9.17) is 4.74 Å². The average Bonchev–Trinajstić information content (AvgIpc) is 2.25. The molecule has 1 heterocycles. The van der Waals surface area contributed by atoms with E-state index >= 15 is 0 Å². The summed E-state index contributed by atoms with van der Waals surface area (Å²) in [6, 6.07) is 0.597. The zero-order valence-electron chi connectivity index (χ0n) is 10.5. The Hall–Kier alpha value is -0.120. The van der Waals surface area contributed by atoms with Gasteiger partial charge in [-0.3, -0.25) is 0 Å². The second-order valence-corrected chi connectivity index (χ2v) is 4.80. The Bertz CT molecular complexity index is 156. The Morgan fingerprint density at radius 1 is 1.47 bits per heavy atom. The number of nitrogens with zero attached hydrogens (tertiary/aromatic N) is 1. The summed E-state index contributed by atoms with van der Waals surface area (Å²) in [6.45, 7) is 6.36. The molecule has 0 aromatic rings. The lowest BCUT2D eigenvalue weighted by Gasteiger charge is -2.32. The van der Waals surface area contributed by atoms with Gasteiger partial charge in [0.15, 0.2) is 0 Å². The summed E-state index contributed by atoms with van der Waals surface area (Å²) >= 11 is 0. The van der Waals surface area contributed by atoms with Crippen molar-refractivity contribution in [1.82, 2.24) is 10.2 Å². The molecule has 90 valence electrons. The number of ether oxygens (including phenoxy) is 1. The number of hydrogen-bond acceptors (Lipinski definition) is 3. The molecule has 0 aromatic heterocycles. The van der Waals surface area contributed by atoms with Gasteiger partial charge in [0.2, 0.25) is 0 Å². The third-order valence-electron chi connectivity index (χ3n) is 2.98. The second-order valence-electron chi connectivity index (χ2n) is 4.80. The van der Waals surface area contributed by atoms with Crippen molar-refractivity contribution >= 4 is 0 Å². The van der Waals surface area contributed by atoms with Crippen LogP contribution in [0.4, 0.5) is 0 Å². The van der Waals surface area contributed by atoms with E-state index < -0.39 is 0 Å². The SMILES string of the molecule is CCCNC(CN(C)C)C1CCCOC1. The van der Waals surface area contributed by atoms with Gasteiger partial charge in [-0.15, -0.1) is 0 Å². The van der Waals surface area contributed by atoms with E-state index in [0.29, 0.717) is 12.0 Å². The molecule has 3 nitrogen and oxygen atoms in total. The summed E-state index contributed by atoms with van der Waals surface area (Å²) in [4.78, 5) is 2.27. The Morgan fingerprint density at radius 2 is 2.27 bits per heavy atom. The Labute approximate surface area is 94.2 Å². The number of hydrogen-bond donors (Lipinski definition) is 1. The molecule has 0 amide bonds. The molecule has 0 radical (unpaired) electrons. The molecule has 1 rings (SSSR count). The first-order valence-electron chi connectivity index (χ1n) is 6.20. The molecular weight excluding hydrogens is 188 g/mol. The lowest BCUT2D eigenvalue weighted by atomic mass is 9.93. The molecule has 0 bridgehead atoms. The summed E-state index contributed by atoms with van der Waals surface area (Å²) < 4.78 is 5.57. The van der Waals surface area contributed by atoms with E-state index in [9.17, 15) is 0 Å². The molecule has 0 saturated carbocycles. The molecule has 1 N–H and O–H groups in total. The molecule has 0 spiro atoms. The first-order chi connectivity index (χ1) is 7.24. The molecule has 1 fully saturated rings. The fourth-order valence-corrected chi connectivity index (χ4v) is 2.19. The van der Waals surface area contributed by atoms with Crippen molar-refractivity contribution in [1.29, 1.82) is 0 Å². The summed E-state index contributed by atoms with van der Waals surface area (Å²) in [5.41, 5.74) is 0. The van der Waals surface area contributed by atoms with Gasteiger partial charge in [-0.1, -0.05) is 6.92 Å². The number of likely N-dealkylation sites (N-methyl/N-ethyl adjacent to an activating group) is 1. The van der Waals surface area contributed by atoms with Gasteiger partial charge in [0.05, 0.1) is 6.61 Å². The molecule has 1 aliphatic heterocycles. The van der Waals surface area contributed by atoms with E-state index in [0.717, 1.165) is 26.3 Å². The van der Waals surface area contributed by atoms with E-state index in [1.807, 2.05) is 0 Å². The number of nitrogens with one attached hydrogen (secondary N) is 1. The predicted octanol–water partition coefficient (Wildman–Crippen LogP) is 1.34. The van der Waals surface area contributed by atoms with Gasteiger partial charge in [0, 0.05) is 19.2 Å². The van der Waals surface area contributed by atoms with E-state index in [1.54, 1.807) is 0 Å². The van der Waals surface area contributed by atoms with Gasteiger partial charge in [0.1, 0.15) is 0 Å². The fourth-order valence-electron chi connectivity index (χ4n) is 2.19. The van der Waals surface area contributed by atoms with Crippen LogP contribution in [0.5, 0.6) is 0 Å². The van der Waals surface area contributed by atoms with Crippen LogP contribution < -0.4 is 5.32 Å². The van der Waals surface area contributed by atoms with Crippen LogP contribution in [-0.2, 0) is 4.74 Å². The smallest absolute Gasteiger partial charge is 0.0509 e. The molecule has 2 unspecified atom stereocenters. The maximum atomic E-state index is 5.57. The molecule has 0 aliphatic carbocycles. The lowest BCUT2D eigenvalue weighted by Crippen LogP contribution is -2.46. The minimum absolute atomic E-state index is 0.597. The Balaban J connectivity index is 2.37. The van der Waals surface area contributed by atoms with Crippen LogP contribution in [0, 0.1) is 5.92 Å². The van der Waals surface area contributed by atoms with Crippen molar-refractivity contribution in [2.24, 2.45) is 5.92 Å². The number of rotatable bonds is 6. The maximum Gasteiger partial charge on any atom is 0.0509 e. The topological polar surface area (TPSA) is 24.5 Å². The predicted molar refractivity (Wildman–Crippen MR) is 64.2 cm³/mol. The van der Waals surface area contributed by atoms with E-state index in [1.165, 1.54) is 19.3 Å². The average molecular weight is 214 g/mol. The van der Waals surface area contributed by atoms with Crippen molar-refractivity contribution in [2.75, 3.05) is 40.4 Å². The van der Waals surface area contributed by atoms with Gasteiger partial charge < -0.3 is 15.0 Å². The Morgan fingerprint density at radius 3 is 2.80 bits per heavy atom. The van der Waals surface area contributed by atoms with Crippen molar-refractivity contribution in [2.45, 2.75) is 32.2 Å². The molecule has 3 heteroatoms. The normalized spacial score (nSPS) is 24.4. The molecule has 1 saturated heterocycles. The van der Waals surface area contributed by atoms with Crippen molar-refractivity contribution < 1.29 is 4.74 Å². The zero-order chi connectivity index (χ0) is 11.1. The first kappa shape index (κ1) is 12.9. The standard InChI is InChI=1S/C12H26N2O/c1-4-7-13-12(9-14(2)3)11-6-5-8-15-10-11/h11-13H,4-10H2,1-3H3. The van der Waals surface area contributed by atoms with Gasteiger partial charge in [-0.25, -0.2) is 0 Å². The van der Waals surface area contributed by atoms with Gasteiger partial charge >= 0.3 is 0 Å². The summed E-state index contributed by atoms with van der Waals surface area (Å²) in [5, 5.41) is 3.65. The van der Waals surface area contributed by atoms with Crippen LogP contribution in [0.3, 0.4) is 0 Å². The third-order valence-corrected chi connectivity index (χ3v) is 2.98. The highest BCUT2D eigenvalue weighted by atomic mass is 16.5. The Kier molecular flexibility index (Phi) is 6.22. The molecule has 0 aromatic carbocycles. The molecule has 1 aliphatic rings. The molecular formula is C12H26N2O. The van der Waals surface area contributed by atoms with Crippen LogP contribution in [0.15, 0.2) is 0 Å². The van der Waals surface area contributed by atoms with Crippen LogP contribution in [-0.4, -0.2) is 51.3 Å². The first-order valence-corrected chi connectivity index (χ1v) is 6.20. The third kappa shape index (κ3) is 4.96. The van der Waals surface area contributed by atoms with Crippen LogP contribution in [0.25, 0.3) is 0 Å². The van der Waals surface area contributed by atoms with E-state index in [-0.39, 0.29) is 0 Å². The van der Waals surface area contributed by atoms with Gasteiger partial charge in [0.25, 0.3) is 0 Å². The highest BCUT2D eigenvalue weighted by Crippen LogP contribution is 2.18. The van der Waals surface area contributed by atoms with Gasteiger partial charge in [-0.05, 0) is 45.8 Å². The minimum Gasteiger partial charge on any atom is -0.381 e. The lowest BCUT2D eigenvalue weighted by molar-refractivity contribution is 0.0352. The summed E-state index contributed by atoms with van der Waals surface area (Å²) in [5.74, 6) is 0.702. The highest BCUT2D eigenvalue weighted by molar-refractivity contribution is 4.80. The van der Waals surface area contributed by atoms with Gasteiger partial charge in [-0.2, -0.15) is 0 Å². The molecule has 15 heavy (non-hydrogen) atoms. The maximum absolute atomic E-state index is 5.57. The second kappa shape index (κ2) is 7.20. The minimum atomic E-state index is 0.597. The van der Waals surface area contributed by atoms with Crippen LogP contribution >= 0.6 is 0 Å². The zero-order valence-corrected chi connectivity index (χ0v) is 10.5. The van der Waals surface area contributed by atoms with Crippen molar-refractivity contribution in [3.05, 3.63) is 0 Å². The fraction of sp³-hybridized carbons (Fsp3) is 1.00. The van der Waals surface area contributed by atoms with Crippen LogP contribution in [0.1, 0.15) is 26.2 Å². The monoisotopic (exact) mass is 214 g/mol. The quantitative estimate of drug-likeness (QED) is 0.722.